The van der Waals surface area contributed by atoms with E-state index in [4.69, 9.17) is 16.3 Å². The zero-order chi connectivity index (χ0) is 13.9. The molecule has 1 aliphatic rings. The zero-order valence-corrected chi connectivity index (χ0v) is 11.8. The van der Waals surface area contributed by atoms with Gasteiger partial charge in [0, 0.05) is 13.5 Å². The minimum atomic E-state index is -0.654. The van der Waals surface area contributed by atoms with E-state index >= 15 is 0 Å². The van der Waals surface area contributed by atoms with Crippen LogP contribution in [-0.2, 0) is 16.0 Å². The number of benzene rings is 1. The van der Waals surface area contributed by atoms with Crippen LogP contribution < -0.4 is 0 Å². The lowest BCUT2D eigenvalue weighted by molar-refractivity contribution is -0.144. The van der Waals surface area contributed by atoms with Crippen LogP contribution in [0.5, 0.6) is 0 Å². The van der Waals surface area contributed by atoms with Crippen molar-refractivity contribution in [3.8, 4) is 0 Å². The van der Waals surface area contributed by atoms with Crippen molar-refractivity contribution in [1.82, 2.24) is 0 Å². The number of ether oxygens (including phenoxy) is 1. The van der Waals surface area contributed by atoms with Gasteiger partial charge in [0.25, 0.3) is 0 Å². The van der Waals surface area contributed by atoms with Gasteiger partial charge >= 0.3 is 0 Å². The van der Waals surface area contributed by atoms with Crippen LogP contribution in [0.3, 0.4) is 0 Å². The van der Waals surface area contributed by atoms with Crippen molar-refractivity contribution in [2.75, 3.05) is 7.11 Å². The van der Waals surface area contributed by atoms with Crippen molar-refractivity contribution in [2.24, 2.45) is 0 Å². The lowest BCUT2D eigenvalue weighted by atomic mass is 9.79. The Hall–Kier alpha value is -0.930. The molecule has 1 fully saturated rings. The number of rotatable bonds is 4. The number of halogens is 2. The predicted octanol–water partition coefficient (Wildman–Crippen LogP) is 3.94. The van der Waals surface area contributed by atoms with Gasteiger partial charge in [-0.2, -0.15) is 0 Å². The molecule has 1 aromatic carbocycles. The van der Waals surface area contributed by atoms with E-state index in [2.05, 4.69) is 0 Å². The van der Waals surface area contributed by atoms with Crippen molar-refractivity contribution in [2.45, 2.75) is 44.1 Å². The van der Waals surface area contributed by atoms with Gasteiger partial charge in [-0.25, -0.2) is 4.39 Å². The first kappa shape index (κ1) is 14.5. The number of carbonyl (C=O) groups excluding carboxylic acids is 1. The van der Waals surface area contributed by atoms with Crippen molar-refractivity contribution < 1.29 is 13.9 Å². The van der Waals surface area contributed by atoms with Crippen LogP contribution in [0.4, 0.5) is 4.39 Å². The first-order valence-corrected chi connectivity index (χ1v) is 6.97. The molecule has 1 saturated carbocycles. The Bertz CT molecular complexity index is 467. The summed E-state index contributed by atoms with van der Waals surface area (Å²) < 4.78 is 18.6. The average molecular weight is 285 g/mol. The normalized spacial score (nSPS) is 18.3. The molecule has 1 aliphatic carbocycles. The summed E-state index contributed by atoms with van der Waals surface area (Å²) in [5, 5.41) is 0.0559. The molecule has 0 aromatic heterocycles. The quantitative estimate of drug-likeness (QED) is 0.837. The Balaban J connectivity index is 2.12. The van der Waals surface area contributed by atoms with E-state index in [0.717, 1.165) is 37.7 Å². The van der Waals surface area contributed by atoms with Gasteiger partial charge in [-0.05, 0) is 30.5 Å². The van der Waals surface area contributed by atoms with E-state index < -0.39 is 11.4 Å². The van der Waals surface area contributed by atoms with Gasteiger partial charge in [0.15, 0.2) is 5.78 Å². The van der Waals surface area contributed by atoms with Gasteiger partial charge in [-0.3, -0.25) is 4.79 Å². The van der Waals surface area contributed by atoms with Crippen molar-refractivity contribution in [3.05, 3.63) is 34.6 Å². The summed E-state index contributed by atoms with van der Waals surface area (Å²) in [7, 11) is 1.60. The predicted molar refractivity (Wildman–Crippen MR) is 72.9 cm³/mol. The Morgan fingerprint density at radius 1 is 1.37 bits per heavy atom. The van der Waals surface area contributed by atoms with Gasteiger partial charge < -0.3 is 4.74 Å². The van der Waals surface area contributed by atoms with Gasteiger partial charge in [0.05, 0.1) is 5.02 Å². The molecule has 2 nitrogen and oxygen atoms in total. The lowest BCUT2D eigenvalue weighted by Gasteiger charge is -2.34. The third-order valence-electron chi connectivity index (χ3n) is 3.91. The molecule has 0 unspecified atom stereocenters. The summed E-state index contributed by atoms with van der Waals surface area (Å²) in [6.07, 6.45) is 4.98. The van der Waals surface area contributed by atoms with Crippen LogP contribution in [0.15, 0.2) is 18.2 Å². The largest absolute Gasteiger partial charge is 0.370 e. The molecule has 0 saturated heterocycles. The van der Waals surface area contributed by atoms with Gasteiger partial charge in [0.1, 0.15) is 11.4 Å². The number of Topliss-reactive ketones (excluding diaryl/α,β-unsaturated/α-hetero) is 1. The Kier molecular flexibility index (Phi) is 4.58. The highest BCUT2D eigenvalue weighted by molar-refractivity contribution is 6.30. The van der Waals surface area contributed by atoms with Crippen molar-refractivity contribution in [3.63, 3.8) is 0 Å². The lowest BCUT2D eigenvalue weighted by Crippen LogP contribution is -2.43. The average Bonchev–Trinajstić information content (AvgIpc) is 2.43. The van der Waals surface area contributed by atoms with Crippen LogP contribution in [-0.4, -0.2) is 18.5 Å². The molecule has 0 aliphatic heterocycles. The molecule has 0 spiro atoms. The molecule has 4 heteroatoms. The van der Waals surface area contributed by atoms with E-state index in [-0.39, 0.29) is 17.2 Å². The molecule has 0 bridgehead atoms. The van der Waals surface area contributed by atoms with Gasteiger partial charge in [-0.1, -0.05) is 36.9 Å². The van der Waals surface area contributed by atoms with Crippen LogP contribution in [0, 0.1) is 5.82 Å². The molecule has 1 aromatic rings. The highest BCUT2D eigenvalue weighted by Crippen LogP contribution is 2.33. The molecular formula is C15H18ClFO2. The second kappa shape index (κ2) is 6.02. The number of hydrogen-bond donors (Lipinski definition) is 0. The minimum Gasteiger partial charge on any atom is -0.370 e. The summed E-state index contributed by atoms with van der Waals surface area (Å²) in [4.78, 5) is 12.5. The Morgan fingerprint density at radius 2 is 2.05 bits per heavy atom. The first-order chi connectivity index (χ1) is 9.07. The fourth-order valence-electron chi connectivity index (χ4n) is 2.72. The molecule has 104 valence electrons. The van der Waals surface area contributed by atoms with E-state index in [1.54, 1.807) is 13.2 Å². The zero-order valence-electron chi connectivity index (χ0n) is 11.0. The van der Waals surface area contributed by atoms with Crippen LogP contribution in [0.2, 0.25) is 5.02 Å². The first-order valence-electron chi connectivity index (χ1n) is 6.60. The second-order valence-corrected chi connectivity index (χ2v) is 5.51. The minimum absolute atomic E-state index is 0.0559. The smallest absolute Gasteiger partial charge is 0.168 e. The molecule has 0 amide bonds. The summed E-state index contributed by atoms with van der Waals surface area (Å²) in [6, 6.07) is 4.41. The summed E-state index contributed by atoms with van der Waals surface area (Å²) in [5.41, 5.74) is 0.0810. The number of methoxy groups -OCH3 is 1. The third kappa shape index (κ3) is 3.15. The molecule has 19 heavy (non-hydrogen) atoms. The van der Waals surface area contributed by atoms with E-state index in [0.29, 0.717) is 0 Å². The number of ketones is 1. The van der Waals surface area contributed by atoms with Crippen LogP contribution >= 0.6 is 11.6 Å². The molecule has 0 atom stereocenters. The number of hydrogen-bond acceptors (Lipinski definition) is 2. The third-order valence-corrected chi connectivity index (χ3v) is 4.20. The second-order valence-electron chi connectivity index (χ2n) is 5.11. The monoisotopic (exact) mass is 284 g/mol. The maximum Gasteiger partial charge on any atom is 0.168 e. The molecular weight excluding hydrogens is 267 g/mol. The maximum absolute atomic E-state index is 13.1. The number of carbonyl (C=O) groups is 1. The fourth-order valence-corrected chi connectivity index (χ4v) is 2.92. The summed E-state index contributed by atoms with van der Waals surface area (Å²) in [5.74, 6) is -0.394. The van der Waals surface area contributed by atoms with Gasteiger partial charge in [0.2, 0.25) is 0 Å². The summed E-state index contributed by atoms with van der Waals surface area (Å²) in [6.45, 7) is 0. The van der Waals surface area contributed by atoms with E-state index in [1.165, 1.54) is 12.1 Å². The standard InChI is InChI=1S/C15H18ClFO2/c1-19-15(7-3-2-4-8-15)14(18)10-11-5-6-13(17)12(16)9-11/h5-6,9H,2-4,7-8,10H2,1H3. The fraction of sp³-hybridized carbons (Fsp3) is 0.533. The van der Waals surface area contributed by atoms with E-state index in [9.17, 15) is 9.18 Å². The Morgan fingerprint density at radius 3 is 2.63 bits per heavy atom. The summed E-state index contributed by atoms with van der Waals surface area (Å²) >= 11 is 5.73. The Labute approximate surface area is 117 Å². The van der Waals surface area contributed by atoms with Crippen LogP contribution in [0.1, 0.15) is 37.7 Å². The maximum atomic E-state index is 13.1. The van der Waals surface area contributed by atoms with E-state index in [1.807, 2.05) is 0 Å². The molecule has 2 rings (SSSR count). The highest BCUT2D eigenvalue weighted by Gasteiger charge is 2.38. The molecule has 0 heterocycles. The topological polar surface area (TPSA) is 26.3 Å². The van der Waals surface area contributed by atoms with Crippen molar-refractivity contribution in [1.29, 1.82) is 0 Å². The van der Waals surface area contributed by atoms with Crippen molar-refractivity contribution >= 4 is 17.4 Å². The van der Waals surface area contributed by atoms with Gasteiger partial charge in [-0.15, -0.1) is 0 Å². The molecule has 0 radical (unpaired) electrons. The SMILES string of the molecule is COC1(C(=O)Cc2ccc(F)c(Cl)c2)CCCCC1. The highest BCUT2D eigenvalue weighted by atomic mass is 35.5. The molecule has 0 N–H and O–H groups in total. The van der Waals surface area contributed by atoms with Crippen LogP contribution in [0.25, 0.3) is 0 Å².